The van der Waals surface area contributed by atoms with E-state index in [0.29, 0.717) is 5.56 Å². The summed E-state index contributed by atoms with van der Waals surface area (Å²) in [4.78, 5) is 11.3. The summed E-state index contributed by atoms with van der Waals surface area (Å²) in [5, 5.41) is 9.77. The van der Waals surface area contributed by atoms with Crippen LogP contribution in [-0.2, 0) is 14.8 Å². The summed E-state index contributed by atoms with van der Waals surface area (Å²) in [6.07, 6.45) is 0.252. The molecule has 1 unspecified atom stereocenters. The van der Waals surface area contributed by atoms with Crippen molar-refractivity contribution in [1.29, 1.82) is 0 Å². The number of rotatable bonds is 6. The van der Waals surface area contributed by atoms with E-state index in [-0.39, 0.29) is 21.8 Å². The van der Waals surface area contributed by atoms with Crippen LogP contribution in [0.3, 0.4) is 0 Å². The van der Waals surface area contributed by atoms with Gasteiger partial charge in [-0.3, -0.25) is 4.79 Å². The Morgan fingerprint density at radius 3 is 2.57 bits per heavy atom. The summed E-state index contributed by atoms with van der Waals surface area (Å²) in [5.74, 6) is -0.679. The minimum atomic E-state index is -3.89. The fourth-order valence-electron chi connectivity index (χ4n) is 1.68. The van der Waals surface area contributed by atoms with Crippen LogP contribution in [0.2, 0.25) is 0 Å². The molecule has 0 aliphatic heterocycles. The first-order valence-electron chi connectivity index (χ1n) is 6.73. The summed E-state index contributed by atoms with van der Waals surface area (Å²) in [5.41, 5.74) is 0.610. The van der Waals surface area contributed by atoms with Crippen molar-refractivity contribution >= 4 is 32.4 Å². The van der Waals surface area contributed by atoms with E-state index >= 15 is 0 Å². The Hall–Kier alpha value is -1.91. The minimum Gasteiger partial charge on any atom is -0.301 e. The molecular weight excluding hydrogens is 343 g/mol. The Labute approximate surface area is 137 Å². The van der Waals surface area contributed by atoms with Gasteiger partial charge in [0.15, 0.2) is 0 Å². The van der Waals surface area contributed by atoms with E-state index in [0.717, 1.165) is 11.3 Å². The van der Waals surface area contributed by atoms with Gasteiger partial charge in [-0.2, -0.15) is 0 Å². The Morgan fingerprint density at radius 1 is 1.30 bits per heavy atom. The maximum Gasteiger partial charge on any atom is 0.270 e. The van der Waals surface area contributed by atoms with Gasteiger partial charge < -0.3 is 5.32 Å². The monoisotopic (exact) mass is 358 g/mol. The molecule has 10 heteroatoms. The zero-order valence-corrected chi connectivity index (χ0v) is 14.0. The molecule has 0 aliphatic carbocycles. The highest BCUT2D eigenvalue weighted by Crippen LogP contribution is 2.22. The molecule has 0 saturated carbocycles. The van der Waals surface area contributed by atoms with Gasteiger partial charge in [-0.05, 0) is 24.6 Å². The summed E-state index contributed by atoms with van der Waals surface area (Å²) in [6.45, 7) is 3.30. The van der Waals surface area contributed by atoms with Crippen LogP contribution in [0.25, 0.3) is 0 Å². The fraction of sp³-hybridized carbons (Fsp3) is 0.308. The van der Waals surface area contributed by atoms with Gasteiger partial charge in [-0.25, -0.2) is 17.5 Å². The van der Waals surface area contributed by atoms with E-state index in [1.807, 2.05) is 0 Å². The topological polar surface area (TPSA) is 101 Å². The highest BCUT2D eigenvalue weighted by atomic mass is 32.2. The predicted molar refractivity (Wildman–Crippen MR) is 84.0 cm³/mol. The first-order chi connectivity index (χ1) is 10.8. The molecule has 2 N–H and O–H groups in total. The third-order valence-corrected chi connectivity index (χ3v) is 5.65. The van der Waals surface area contributed by atoms with Gasteiger partial charge in [-0.1, -0.05) is 30.4 Å². The largest absolute Gasteiger partial charge is 0.301 e. The normalized spacial score (nSPS) is 12.8. The van der Waals surface area contributed by atoms with Crippen molar-refractivity contribution in [2.45, 2.75) is 30.6 Å². The highest BCUT2D eigenvalue weighted by molar-refractivity contribution is 7.91. The van der Waals surface area contributed by atoms with Gasteiger partial charge in [-0.15, -0.1) is 10.2 Å². The molecule has 1 aromatic heterocycles. The van der Waals surface area contributed by atoms with Crippen molar-refractivity contribution in [2.24, 2.45) is 0 Å². The van der Waals surface area contributed by atoms with Crippen LogP contribution in [-0.4, -0.2) is 24.5 Å². The van der Waals surface area contributed by atoms with E-state index < -0.39 is 21.9 Å². The number of halogens is 1. The molecule has 1 atom stereocenters. The first kappa shape index (κ1) is 17.4. The number of aromatic nitrogens is 2. The molecule has 0 bridgehead atoms. The molecule has 0 spiro atoms. The number of benzene rings is 1. The van der Waals surface area contributed by atoms with Gasteiger partial charge in [0, 0.05) is 12.5 Å². The summed E-state index contributed by atoms with van der Waals surface area (Å²) in [6, 6.07) is 4.93. The second-order valence-corrected chi connectivity index (χ2v) is 7.53. The average molecular weight is 358 g/mol. The number of carbonyl (C=O) groups excluding carboxylic acids is 1. The van der Waals surface area contributed by atoms with Gasteiger partial charge in [0.1, 0.15) is 5.82 Å². The summed E-state index contributed by atoms with van der Waals surface area (Å²) in [7, 11) is -3.89. The van der Waals surface area contributed by atoms with Crippen molar-refractivity contribution in [2.75, 3.05) is 5.32 Å². The molecule has 1 aromatic carbocycles. The zero-order chi connectivity index (χ0) is 17.0. The number of carbonyl (C=O) groups is 1. The van der Waals surface area contributed by atoms with Crippen LogP contribution in [0.15, 0.2) is 28.6 Å². The van der Waals surface area contributed by atoms with Gasteiger partial charge in [0.05, 0.1) is 0 Å². The lowest BCUT2D eigenvalue weighted by Crippen LogP contribution is -2.26. The van der Waals surface area contributed by atoms with Crippen LogP contribution >= 0.6 is 11.3 Å². The number of sulfonamides is 1. The maximum absolute atomic E-state index is 12.9. The van der Waals surface area contributed by atoms with Crippen LogP contribution < -0.4 is 10.0 Å². The molecule has 0 radical (unpaired) electrons. The van der Waals surface area contributed by atoms with Gasteiger partial charge >= 0.3 is 0 Å². The van der Waals surface area contributed by atoms with Gasteiger partial charge in [0.25, 0.3) is 10.0 Å². The lowest BCUT2D eigenvalue weighted by Gasteiger charge is -2.12. The smallest absolute Gasteiger partial charge is 0.270 e. The van der Waals surface area contributed by atoms with Crippen molar-refractivity contribution in [3.05, 3.63) is 35.6 Å². The first-order valence-corrected chi connectivity index (χ1v) is 9.03. The second kappa shape index (κ2) is 7.11. The van der Waals surface area contributed by atoms with Crippen LogP contribution in [0.1, 0.15) is 31.9 Å². The van der Waals surface area contributed by atoms with Crippen molar-refractivity contribution < 1.29 is 17.6 Å². The zero-order valence-electron chi connectivity index (χ0n) is 12.4. The Morgan fingerprint density at radius 2 is 1.96 bits per heavy atom. The van der Waals surface area contributed by atoms with Crippen molar-refractivity contribution in [3.63, 3.8) is 0 Å². The van der Waals surface area contributed by atoms with E-state index in [1.54, 1.807) is 13.8 Å². The third-order valence-electron chi connectivity index (χ3n) is 2.91. The number of hydrogen-bond acceptors (Lipinski definition) is 6. The molecular formula is C13H15FN4O3S2. The van der Waals surface area contributed by atoms with Crippen molar-refractivity contribution in [1.82, 2.24) is 14.9 Å². The second-order valence-electron chi connectivity index (χ2n) is 4.67. The molecule has 2 aromatic rings. The lowest BCUT2D eigenvalue weighted by molar-refractivity contribution is -0.115. The van der Waals surface area contributed by atoms with Crippen LogP contribution in [0.5, 0.6) is 0 Å². The lowest BCUT2D eigenvalue weighted by atomic mass is 10.1. The fourth-order valence-corrected chi connectivity index (χ4v) is 3.84. The average Bonchev–Trinajstić information content (AvgIpc) is 2.96. The third kappa shape index (κ3) is 4.53. The molecule has 0 fully saturated rings. The van der Waals surface area contributed by atoms with E-state index in [4.69, 9.17) is 0 Å². The van der Waals surface area contributed by atoms with Crippen LogP contribution in [0.4, 0.5) is 9.52 Å². The maximum atomic E-state index is 12.9. The van der Waals surface area contributed by atoms with E-state index in [1.165, 1.54) is 24.3 Å². The van der Waals surface area contributed by atoms with Crippen molar-refractivity contribution in [3.8, 4) is 0 Å². The molecule has 124 valence electrons. The number of anilines is 1. The molecule has 1 amide bonds. The van der Waals surface area contributed by atoms with Crippen LogP contribution in [0, 0.1) is 5.82 Å². The number of nitrogens with zero attached hydrogens (tertiary/aromatic N) is 2. The summed E-state index contributed by atoms with van der Waals surface area (Å²) >= 11 is 0.759. The molecule has 7 nitrogen and oxygen atoms in total. The SMILES string of the molecule is CCC(=O)Nc1nnc(S(=O)(=O)NC(C)c2ccc(F)cc2)s1. The number of hydrogen-bond donors (Lipinski definition) is 2. The molecule has 0 saturated heterocycles. The quantitative estimate of drug-likeness (QED) is 0.770. The summed E-state index contributed by atoms with van der Waals surface area (Å²) < 4.78 is 39.6. The standard InChI is InChI=1S/C13H15FN4O3S2/c1-3-11(19)15-12-16-17-13(22-12)23(20,21)18-8(2)9-4-6-10(14)7-5-9/h4-8,18H,3H2,1-2H3,(H,15,16,19). The predicted octanol–water partition coefficient (Wildman–Crippen LogP) is 2.07. The van der Waals surface area contributed by atoms with Gasteiger partial charge in [0.2, 0.25) is 15.4 Å². The highest BCUT2D eigenvalue weighted by Gasteiger charge is 2.23. The molecule has 2 rings (SSSR count). The Bertz CT molecular complexity index is 790. The number of amides is 1. The minimum absolute atomic E-state index is 0.117. The Balaban J connectivity index is 2.12. The number of nitrogens with one attached hydrogen (secondary N) is 2. The molecule has 23 heavy (non-hydrogen) atoms. The molecule has 1 heterocycles. The Kier molecular flexibility index (Phi) is 5.39. The molecule has 0 aliphatic rings. The van der Waals surface area contributed by atoms with E-state index in [2.05, 4.69) is 20.2 Å². The van der Waals surface area contributed by atoms with E-state index in [9.17, 15) is 17.6 Å².